The van der Waals surface area contributed by atoms with E-state index >= 15 is 0 Å². The third kappa shape index (κ3) is 3.05. The van der Waals surface area contributed by atoms with Crippen molar-refractivity contribution in [2.24, 2.45) is 0 Å². The highest BCUT2D eigenvalue weighted by Gasteiger charge is 2.22. The first kappa shape index (κ1) is 13.8. The molecule has 0 saturated carbocycles. The minimum Gasteiger partial charge on any atom is -0.361 e. The molecule has 1 heterocycles. The number of nitro groups is 1. The van der Waals surface area contributed by atoms with E-state index in [4.69, 9.17) is 11.6 Å². The van der Waals surface area contributed by atoms with E-state index in [9.17, 15) is 10.1 Å². The zero-order chi connectivity index (χ0) is 13.8. The Hall–Kier alpha value is -1.59. The molecule has 0 N–H and O–H groups in total. The molecule has 0 aliphatic rings. The van der Waals surface area contributed by atoms with Crippen LogP contribution >= 0.6 is 22.9 Å². The summed E-state index contributed by atoms with van der Waals surface area (Å²) in [6.45, 7) is 3.30. The van der Waals surface area contributed by atoms with Crippen molar-refractivity contribution in [2.75, 3.05) is 11.4 Å². The van der Waals surface area contributed by atoms with Crippen LogP contribution in [0.25, 0.3) is 0 Å². The number of halogens is 1. The van der Waals surface area contributed by atoms with Gasteiger partial charge in [0.05, 0.1) is 11.5 Å². The lowest BCUT2D eigenvalue weighted by Gasteiger charge is -2.22. The average molecular weight is 297 g/mol. The van der Waals surface area contributed by atoms with Gasteiger partial charge in [0.2, 0.25) is 0 Å². The fourth-order valence-electron chi connectivity index (χ4n) is 1.90. The Bertz CT molecular complexity index is 572. The van der Waals surface area contributed by atoms with Gasteiger partial charge in [-0.15, -0.1) is 11.3 Å². The van der Waals surface area contributed by atoms with Crippen molar-refractivity contribution in [3.05, 3.63) is 55.7 Å². The van der Waals surface area contributed by atoms with Crippen molar-refractivity contribution in [1.29, 1.82) is 0 Å². The Morgan fingerprint density at radius 3 is 2.74 bits per heavy atom. The number of para-hydroxylation sites is 1. The standard InChI is InChI=1S/C13H13ClN2O2S/c1-2-15(9-10-5-4-8-19-10)12-7-3-6-11(14)13(12)16(17)18/h3-8H,2,9H2,1H3. The number of hydrogen-bond donors (Lipinski definition) is 0. The van der Waals surface area contributed by atoms with Gasteiger partial charge < -0.3 is 4.90 Å². The number of nitro benzene ring substituents is 1. The highest BCUT2D eigenvalue weighted by molar-refractivity contribution is 7.09. The van der Waals surface area contributed by atoms with Gasteiger partial charge in [-0.1, -0.05) is 23.7 Å². The Balaban J connectivity index is 2.38. The molecule has 0 saturated heterocycles. The molecule has 0 unspecified atom stereocenters. The third-order valence-electron chi connectivity index (χ3n) is 2.80. The molecule has 0 spiro atoms. The van der Waals surface area contributed by atoms with Crippen LogP contribution in [0.15, 0.2) is 35.7 Å². The SMILES string of the molecule is CCN(Cc1cccs1)c1cccc(Cl)c1[N+](=O)[O-]. The topological polar surface area (TPSA) is 46.4 Å². The number of hydrogen-bond acceptors (Lipinski definition) is 4. The van der Waals surface area contributed by atoms with E-state index < -0.39 is 4.92 Å². The van der Waals surface area contributed by atoms with E-state index in [1.165, 1.54) is 0 Å². The van der Waals surface area contributed by atoms with E-state index in [1.54, 1.807) is 29.5 Å². The first-order chi connectivity index (χ1) is 9.13. The minimum absolute atomic E-state index is 0.0254. The fourth-order valence-corrected chi connectivity index (χ4v) is 2.86. The quantitative estimate of drug-likeness (QED) is 0.609. The number of nitrogens with zero attached hydrogens (tertiary/aromatic N) is 2. The summed E-state index contributed by atoms with van der Waals surface area (Å²) < 4.78 is 0. The third-order valence-corrected chi connectivity index (χ3v) is 3.96. The predicted octanol–water partition coefficient (Wildman–Crippen LogP) is 4.34. The second-order valence-electron chi connectivity index (χ2n) is 3.96. The fraction of sp³-hybridized carbons (Fsp3) is 0.231. The van der Waals surface area contributed by atoms with Gasteiger partial charge in [0, 0.05) is 11.4 Å². The highest BCUT2D eigenvalue weighted by atomic mass is 35.5. The minimum atomic E-state index is -0.422. The van der Waals surface area contributed by atoms with Gasteiger partial charge >= 0.3 is 5.69 Å². The average Bonchev–Trinajstić information content (AvgIpc) is 2.88. The molecule has 100 valence electrons. The smallest absolute Gasteiger partial charge is 0.310 e. The molecule has 0 bridgehead atoms. The summed E-state index contributed by atoms with van der Waals surface area (Å²) in [6, 6.07) is 9.01. The van der Waals surface area contributed by atoms with E-state index in [1.807, 2.05) is 29.3 Å². The molecule has 0 aliphatic carbocycles. The summed E-state index contributed by atoms with van der Waals surface area (Å²) in [7, 11) is 0. The summed E-state index contributed by atoms with van der Waals surface area (Å²) >= 11 is 7.58. The Labute approximate surface area is 120 Å². The van der Waals surface area contributed by atoms with Gasteiger partial charge in [0.1, 0.15) is 10.7 Å². The van der Waals surface area contributed by atoms with Crippen molar-refractivity contribution in [1.82, 2.24) is 0 Å². The van der Waals surface area contributed by atoms with Crippen LogP contribution in [0, 0.1) is 10.1 Å². The molecule has 2 rings (SSSR count). The van der Waals surface area contributed by atoms with Crippen LogP contribution in [0.4, 0.5) is 11.4 Å². The summed E-state index contributed by atoms with van der Waals surface area (Å²) in [5.41, 5.74) is 0.538. The van der Waals surface area contributed by atoms with E-state index in [0.29, 0.717) is 18.8 Å². The molecule has 1 aromatic carbocycles. The van der Waals surface area contributed by atoms with Crippen molar-refractivity contribution in [3.8, 4) is 0 Å². The molecule has 0 aliphatic heterocycles. The molecular formula is C13H13ClN2O2S. The van der Waals surface area contributed by atoms with Crippen LogP contribution in [0.1, 0.15) is 11.8 Å². The van der Waals surface area contributed by atoms with E-state index in [2.05, 4.69) is 0 Å². The van der Waals surface area contributed by atoms with Crippen LogP contribution < -0.4 is 4.90 Å². The van der Waals surface area contributed by atoms with Crippen LogP contribution in [0.2, 0.25) is 5.02 Å². The molecule has 2 aromatic rings. The second kappa shape index (κ2) is 6.04. The molecule has 19 heavy (non-hydrogen) atoms. The molecule has 4 nitrogen and oxygen atoms in total. The van der Waals surface area contributed by atoms with Gasteiger partial charge in [-0.05, 0) is 30.5 Å². The molecule has 0 atom stereocenters. The molecule has 0 amide bonds. The summed E-state index contributed by atoms with van der Waals surface area (Å²) in [6.07, 6.45) is 0. The lowest BCUT2D eigenvalue weighted by atomic mass is 10.2. The Morgan fingerprint density at radius 1 is 1.37 bits per heavy atom. The Kier molecular flexibility index (Phi) is 4.39. The van der Waals surface area contributed by atoms with Crippen LogP contribution in [-0.4, -0.2) is 11.5 Å². The van der Waals surface area contributed by atoms with Gasteiger partial charge in [-0.2, -0.15) is 0 Å². The van der Waals surface area contributed by atoms with Crippen molar-refractivity contribution >= 4 is 34.3 Å². The summed E-state index contributed by atoms with van der Waals surface area (Å²) in [5, 5.41) is 13.3. The molecule has 6 heteroatoms. The van der Waals surface area contributed by atoms with Gasteiger partial charge in [-0.3, -0.25) is 10.1 Å². The van der Waals surface area contributed by atoms with Gasteiger partial charge in [0.25, 0.3) is 0 Å². The van der Waals surface area contributed by atoms with Crippen LogP contribution in [-0.2, 0) is 6.54 Å². The highest BCUT2D eigenvalue weighted by Crippen LogP contribution is 2.35. The lowest BCUT2D eigenvalue weighted by molar-refractivity contribution is -0.384. The number of thiophene rings is 1. The van der Waals surface area contributed by atoms with Crippen molar-refractivity contribution in [2.45, 2.75) is 13.5 Å². The van der Waals surface area contributed by atoms with E-state index in [0.717, 1.165) is 4.88 Å². The maximum Gasteiger partial charge on any atom is 0.310 e. The second-order valence-corrected chi connectivity index (χ2v) is 5.40. The largest absolute Gasteiger partial charge is 0.361 e. The monoisotopic (exact) mass is 296 g/mol. The van der Waals surface area contributed by atoms with Crippen LogP contribution in [0.3, 0.4) is 0 Å². The zero-order valence-electron chi connectivity index (χ0n) is 10.4. The predicted molar refractivity (Wildman–Crippen MR) is 79.1 cm³/mol. The van der Waals surface area contributed by atoms with Crippen molar-refractivity contribution in [3.63, 3.8) is 0 Å². The number of anilines is 1. The molecule has 1 aromatic heterocycles. The maximum atomic E-state index is 11.2. The van der Waals surface area contributed by atoms with Crippen molar-refractivity contribution < 1.29 is 4.92 Å². The first-order valence-corrected chi connectivity index (χ1v) is 7.09. The molecule has 0 fully saturated rings. The van der Waals surface area contributed by atoms with Crippen LogP contribution in [0.5, 0.6) is 0 Å². The summed E-state index contributed by atoms with van der Waals surface area (Å²) in [5.74, 6) is 0. The molecule has 0 radical (unpaired) electrons. The lowest BCUT2D eigenvalue weighted by Crippen LogP contribution is -2.22. The normalized spacial score (nSPS) is 10.4. The van der Waals surface area contributed by atoms with Gasteiger partial charge in [0.15, 0.2) is 0 Å². The summed E-state index contributed by atoms with van der Waals surface area (Å²) in [4.78, 5) is 13.9. The zero-order valence-corrected chi connectivity index (χ0v) is 11.9. The number of rotatable bonds is 5. The maximum absolute atomic E-state index is 11.2. The Morgan fingerprint density at radius 2 is 2.16 bits per heavy atom. The first-order valence-electron chi connectivity index (χ1n) is 5.83. The number of benzene rings is 1. The van der Waals surface area contributed by atoms with Gasteiger partial charge in [-0.25, -0.2) is 0 Å². The molecular weight excluding hydrogens is 284 g/mol. The van der Waals surface area contributed by atoms with E-state index in [-0.39, 0.29) is 10.7 Å².